The van der Waals surface area contributed by atoms with Crippen LogP contribution >= 0.6 is 0 Å². The van der Waals surface area contributed by atoms with Gasteiger partial charge in [-0.25, -0.2) is 0 Å². The van der Waals surface area contributed by atoms with E-state index in [0.717, 1.165) is 60.6 Å². The highest BCUT2D eigenvalue weighted by molar-refractivity contribution is 6.19. The van der Waals surface area contributed by atoms with Crippen molar-refractivity contribution in [2.75, 3.05) is 13.6 Å². The van der Waals surface area contributed by atoms with E-state index in [4.69, 9.17) is 5.73 Å². The van der Waals surface area contributed by atoms with E-state index in [9.17, 15) is 30.6 Å². The van der Waals surface area contributed by atoms with Gasteiger partial charge in [0.1, 0.15) is 11.5 Å². The van der Waals surface area contributed by atoms with Crippen LogP contribution in [0.25, 0.3) is 61.2 Å². The summed E-state index contributed by atoms with van der Waals surface area (Å²) < 4.78 is 0. The van der Waals surface area contributed by atoms with Crippen LogP contribution in [0.4, 0.5) is 0 Å². The van der Waals surface area contributed by atoms with Gasteiger partial charge in [-0.1, -0.05) is 104 Å². The predicted octanol–water partition coefficient (Wildman–Crippen LogP) is 12.1. The summed E-state index contributed by atoms with van der Waals surface area (Å²) in [6, 6.07) is 29.2. The number of aliphatic hydroxyl groups is 6. The summed E-state index contributed by atoms with van der Waals surface area (Å²) in [5, 5.41) is 74.2. The molecule has 0 bridgehead atoms. The Morgan fingerprint density at radius 3 is 1.93 bits per heavy atom. The van der Waals surface area contributed by atoms with E-state index in [0.29, 0.717) is 28.9 Å². The van der Waals surface area contributed by atoms with Crippen LogP contribution in [0, 0.1) is 0 Å². The number of fused-ring (bicyclic) bond motifs is 2. The van der Waals surface area contributed by atoms with Gasteiger partial charge in [0.25, 0.3) is 0 Å². The summed E-state index contributed by atoms with van der Waals surface area (Å²) in [7, 11) is 1.84. The molecule has 1 aliphatic heterocycles. The third kappa shape index (κ3) is 8.54. The Labute approximate surface area is 356 Å². The van der Waals surface area contributed by atoms with Gasteiger partial charge in [-0.05, 0) is 119 Å². The van der Waals surface area contributed by atoms with Crippen LogP contribution in [0.2, 0.25) is 0 Å². The lowest BCUT2D eigenvalue weighted by atomic mass is 9.85. The van der Waals surface area contributed by atoms with Gasteiger partial charge >= 0.3 is 0 Å². The first-order valence-corrected chi connectivity index (χ1v) is 19.7. The average Bonchev–Trinajstić information content (AvgIpc) is 3.27. The van der Waals surface area contributed by atoms with Crippen molar-refractivity contribution in [3.05, 3.63) is 208 Å². The highest BCUT2D eigenvalue weighted by Gasteiger charge is 2.23. The Balaban J connectivity index is 1.45. The molecule has 0 atom stereocenters. The third-order valence-electron chi connectivity index (χ3n) is 10.8. The monoisotopic (exact) mass is 813 g/mol. The molecule has 0 unspecified atom stereocenters. The van der Waals surface area contributed by atoms with Crippen molar-refractivity contribution in [1.82, 2.24) is 10.6 Å². The molecule has 0 amide bonds. The lowest BCUT2D eigenvalue weighted by Gasteiger charge is -2.21. The second kappa shape index (κ2) is 18.0. The molecule has 5 aromatic rings. The normalized spacial score (nSPS) is 14.9. The zero-order valence-corrected chi connectivity index (χ0v) is 34.9. The lowest BCUT2D eigenvalue weighted by molar-refractivity contribution is 0.338. The van der Waals surface area contributed by atoms with Gasteiger partial charge in [-0.15, -0.1) is 0 Å². The fourth-order valence-corrected chi connectivity index (χ4v) is 7.45. The number of hydrogen-bond acceptors (Lipinski definition) is 9. The van der Waals surface area contributed by atoms with Crippen molar-refractivity contribution in [3.63, 3.8) is 0 Å². The molecule has 0 radical (unpaired) electrons. The molecule has 0 aromatic heterocycles. The SMILES string of the molecule is C=C(C)/C(O)=C(\C(O)=C(/C)O)c1ccc(/C=C\C=C(/N)c2cccc(-c3c4ccccc4c(C(=C)/C(O)=C(O)\C(C)=C(/C)O)c4ccccc34)c2)c(C2=C(NC)C=CNC2)c1. The molecule has 6 rings (SSSR count). The predicted molar refractivity (Wildman–Crippen MR) is 252 cm³/mol. The van der Waals surface area contributed by atoms with Crippen molar-refractivity contribution in [1.29, 1.82) is 0 Å². The molecule has 9 nitrogen and oxygen atoms in total. The molecule has 1 aliphatic rings. The van der Waals surface area contributed by atoms with E-state index in [1.807, 2.05) is 122 Å². The minimum Gasteiger partial charge on any atom is -0.512 e. The number of nitrogens with one attached hydrogen (secondary N) is 2. The Morgan fingerprint density at radius 1 is 0.705 bits per heavy atom. The molecule has 61 heavy (non-hydrogen) atoms. The number of likely N-dealkylation sites (N-methyl/N-ethyl adjacent to an activating group) is 1. The Hall–Kier alpha value is -7.78. The summed E-state index contributed by atoms with van der Waals surface area (Å²) in [5.74, 6) is -2.01. The van der Waals surface area contributed by atoms with Crippen LogP contribution in [0.1, 0.15) is 55.5 Å². The molecule has 1 heterocycles. The van der Waals surface area contributed by atoms with E-state index in [1.54, 1.807) is 13.0 Å². The standard InChI is InChI=1S/C52H51N3O6/c1-29(2)49(58)48(52(61)33(6)57)37-23-22-34(42(27-37)43-28-55-25-24-45(43)54-7)14-13-21-44(53)35-15-12-16-36(26-35)47-40-19-10-8-17-38(40)46(39-18-9-11-20-41(39)47)31(4)51(60)50(59)30(3)32(5)56/h8-27,54-61H,1,4,28,53H2,2-3,5-7H3/b14-13-,32-30+,44-21-,49-48+,51-50-,52-33-. The van der Waals surface area contributed by atoms with Crippen molar-refractivity contribution >= 4 is 50.0 Å². The summed E-state index contributed by atoms with van der Waals surface area (Å²) in [4.78, 5) is 0. The largest absolute Gasteiger partial charge is 0.512 e. The molecule has 0 saturated carbocycles. The van der Waals surface area contributed by atoms with Crippen LogP contribution in [-0.4, -0.2) is 44.2 Å². The maximum Gasteiger partial charge on any atom is 0.165 e. The number of allylic oxidation sites excluding steroid dienone is 9. The minimum absolute atomic E-state index is 0.0641. The number of nitrogens with two attached hydrogens (primary N) is 1. The van der Waals surface area contributed by atoms with Crippen LogP contribution in [0.5, 0.6) is 0 Å². The Kier molecular flexibility index (Phi) is 12.6. The van der Waals surface area contributed by atoms with E-state index in [-0.39, 0.29) is 34.0 Å². The smallest absolute Gasteiger partial charge is 0.165 e. The van der Waals surface area contributed by atoms with Crippen molar-refractivity contribution < 1.29 is 30.6 Å². The fraction of sp³-hybridized carbons (Fsp3) is 0.115. The van der Waals surface area contributed by atoms with E-state index in [2.05, 4.69) is 23.8 Å². The topological polar surface area (TPSA) is 171 Å². The summed E-state index contributed by atoms with van der Waals surface area (Å²) in [6.07, 6.45) is 9.44. The maximum absolute atomic E-state index is 11.2. The van der Waals surface area contributed by atoms with Gasteiger partial charge < -0.3 is 47.0 Å². The number of rotatable bonds is 12. The fourth-order valence-electron chi connectivity index (χ4n) is 7.45. The molecule has 9 heteroatoms. The number of dihydropyridines is 1. The van der Waals surface area contributed by atoms with Crippen LogP contribution < -0.4 is 16.4 Å². The molecular weight excluding hydrogens is 763 g/mol. The first-order chi connectivity index (χ1) is 29.2. The average molecular weight is 814 g/mol. The molecule has 0 spiro atoms. The Morgan fingerprint density at radius 2 is 1.34 bits per heavy atom. The van der Waals surface area contributed by atoms with Gasteiger partial charge in [0.2, 0.25) is 0 Å². The Bertz CT molecular complexity index is 2820. The zero-order chi connectivity index (χ0) is 44.1. The summed E-state index contributed by atoms with van der Waals surface area (Å²) in [5.41, 5.74) is 15.4. The van der Waals surface area contributed by atoms with Crippen LogP contribution in [0.3, 0.4) is 0 Å². The van der Waals surface area contributed by atoms with E-state index >= 15 is 0 Å². The van der Waals surface area contributed by atoms with E-state index < -0.39 is 17.3 Å². The van der Waals surface area contributed by atoms with Crippen molar-refractivity contribution in [3.8, 4) is 11.1 Å². The first-order valence-electron chi connectivity index (χ1n) is 19.7. The lowest BCUT2D eigenvalue weighted by Crippen LogP contribution is -2.20. The molecular formula is C52H51N3O6. The molecule has 0 saturated heterocycles. The molecule has 10 N–H and O–H groups in total. The second-order valence-corrected chi connectivity index (χ2v) is 14.9. The highest BCUT2D eigenvalue weighted by atomic mass is 16.3. The second-order valence-electron chi connectivity index (χ2n) is 14.9. The van der Waals surface area contributed by atoms with E-state index in [1.165, 1.54) is 20.8 Å². The molecule has 0 aliphatic carbocycles. The summed E-state index contributed by atoms with van der Waals surface area (Å²) in [6.45, 7) is 14.5. The number of hydrogen-bond donors (Lipinski definition) is 9. The van der Waals surface area contributed by atoms with Crippen molar-refractivity contribution in [2.24, 2.45) is 5.73 Å². The number of aliphatic hydroxyl groups excluding tert-OH is 6. The highest BCUT2D eigenvalue weighted by Crippen LogP contribution is 2.43. The van der Waals surface area contributed by atoms with Crippen molar-refractivity contribution in [2.45, 2.75) is 27.7 Å². The van der Waals surface area contributed by atoms with Gasteiger partial charge in [0.15, 0.2) is 17.3 Å². The van der Waals surface area contributed by atoms with Gasteiger partial charge in [-0.2, -0.15) is 0 Å². The zero-order valence-electron chi connectivity index (χ0n) is 34.9. The first kappa shape index (κ1) is 42.8. The quantitative estimate of drug-likeness (QED) is 0.0338. The van der Waals surface area contributed by atoms with Crippen LogP contribution in [0.15, 0.2) is 180 Å². The minimum atomic E-state index is -0.451. The van der Waals surface area contributed by atoms with Gasteiger partial charge in [0.05, 0.1) is 11.3 Å². The van der Waals surface area contributed by atoms with Gasteiger partial charge in [0, 0.05) is 47.3 Å². The van der Waals surface area contributed by atoms with Gasteiger partial charge in [-0.3, -0.25) is 0 Å². The summed E-state index contributed by atoms with van der Waals surface area (Å²) >= 11 is 0. The number of benzene rings is 5. The molecule has 0 fully saturated rings. The van der Waals surface area contributed by atoms with Crippen LogP contribution in [-0.2, 0) is 0 Å². The molecule has 5 aromatic carbocycles. The maximum atomic E-state index is 11.2. The third-order valence-corrected chi connectivity index (χ3v) is 10.8. The molecule has 310 valence electrons.